The molecule has 1 aliphatic heterocycles. The second kappa shape index (κ2) is 6.44. The minimum absolute atomic E-state index is 0.296. The van der Waals surface area contributed by atoms with Crippen molar-refractivity contribution in [3.8, 4) is 0 Å². The first-order valence-electron chi connectivity index (χ1n) is 8.96. The first kappa shape index (κ1) is 16.4. The summed E-state index contributed by atoms with van der Waals surface area (Å²) in [6, 6.07) is 26.6. The minimum Gasteiger partial charge on any atom is -0.361 e. The zero-order chi connectivity index (χ0) is 19.0. The molecule has 0 saturated carbocycles. The second-order valence-corrected chi connectivity index (χ2v) is 6.53. The molecule has 0 bridgehead atoms. The molecule has 1 aromatic heterocycles. The van der Waals surface area contributed by atoms with Gasteiger partial charge in [0.1, 0.15) is 5.71 Å². The van der Waals surface area contributed by atoms with Crippen molar-refractivity contribution in [2.24, 2.45) is 9.98 Å². The normalized spacial score (nSPS) is 18.8. The van der Waals surface area contributed by atoms with Crippen LogP contribution in [-0.2, 0) is 5.72 Å². The van der Waals surface area contributed by atoms with Crippen molar-refractivity contribution >= 4 is 28.7 Å². The highest BCUT2D eigenvalue weighted by Gasteiger charge is 2.41. The Morgan fingerprint density at radius 3 is 2.25 bits per heavy atom. The third-order valence-corrected chi connectivity index (χ3v) is 4.66. The van der Waals surface area contributed by atoms with Gasteiger partial charge in [0, 0.05) is 11.1 Å². The first-order valence-corrected chi connectivity index (χ1v) is 8.96. The third-order valence-electron chi connectivity index (χ3n) is 4.66. The maximum absolute atomic E-state index is 11.5. The number of para-hydroxylation sites is 2. The highest BCUT2D eigenvalue weighted by molar-refractivity contribution is 6.18. The van der Waals surface area contributed by atoms with Crippen LogP contribution in [0.2, 0.25) is 0 Å². The van der Waals surface area contributed by atoms with Crippen LogP contribution in [0, 0.1) is 0 Å². The van der Waals surface area contributed by atoms with Crippen molar-refractivity contribution in [2.75, 3.05) is 5.32 Å². The molecule has 1 aliphatic rings. The number of nitrogens with zero attached hydrogens (tertiary/aromatic N) is 3. The number of H-pyrrole nitrogens is 1. The highest BCUT2D eigenvalue weighted by atomic mass is 16.3. The molecule has 0 fully saturated rings. The molecule has 0 radical (unpaired) electrons. The summed E-state index contributed by atoms with van der Waals surface area (Å²) in [5.41, 5.74) is 2.11. The van der Waals surface area contributed by atoms with E-state index in [0.717, 1.165) is 16.6 Å². The summed E-state index contributed by atoms with van der Waals surface area (Å²) in [6.07, 6.45) is 0. The van der Waals surface area contributed by atoms with E-state index >= 15 is 0 Å². The van der Waals surface area contributed by atoms with Crippen LogP contribution in [0.3, 0.4) is 0 Å². The van der Waals surface area contributed by atoms with Gasteiger partial charge in [-0.1, -0.05) is 72.8 Å². The van der Waals surface area contributed by atoms with Crippen molar-refractivity contribution in [1.82, 2.24) is 9.97 Å². The highest BCUT2D eigenvalue weighted by Crippen LogP contribution is 2.32. The average molecular weight is 367 g/mol. The Morgan fingerprint density at radius 2 is 1.50 bits per heavy atom. The number of guanidine groups is 1. The van der Waals surface area contributed by atoms with Crippen LogP contribution >= 0.6 is 0 Å². The molecule has 0 amide bonds. The summed E-state index contributed by atoms with van der Waals surface area (Å²) >= 11 is 0. The van der Waals surface area contributed by atoms with E-state index in [1.54, 1.807) is 0 Å². The Labute approximate surface area is 161 Å². The summed E-state index contributed by atoms with van der Waals surface area (Å²) < 4.78 is 0. The molecule has 28 heavy (non-hydrogen) atoms. The lowest BCUT2D eigenvalue weighted by atomic mass is 9.94. The Kier molecular flexibility index (Phi) is 3.77. The lowest BCUT2D eigenvalue weighted by Gasteiger charge is -2.22. The molecular weight excluding hydrogens is 350 g/mol. The van der Waals surface area contributed by atoms with E-state index in [2.05, 4.69) is 25.3 Å². The van der Waals surface area contributed by atoms with Crippen LogP contribution in [0.1, 0.15) is 11.1 Å². The molecule has 3 aromatic carbocycles. The predicted octanol–water partition coefficient (Wildman–Crippen LogP) is 3.68. The van der Waals surface area contributed by atoms with Gasteiger partial charge in [-0.25, -0.2) is 15.0 Å². The van der Waals surface area contributed by atoms with E-state index in [9.17, 15) is 5.11 Å². The number of aromatic amines is 1. The molecule has 5 rings (SSSR count). The van der Waals surface area contributed by atoms with E-state index in [4.69, 9.17) is 0 Å². The molecule has 3 N–H and O–H groups in total. The van der Waals surface area contributed by atoms with Gasteiger partial charge in [0.2, 0.25) is 17.6 Å². The van der Waals surface area contributed by atoms with Gasteiger partial charge in [-0.15, -0.1) is 0 Å². The van der Waals surface area contributed by atoms with Crippen molar-refractivity contribution in [1.29, 1.82) is 0 Å². The lowest BCUT2D eigenvalue weighted by molar-refractivity contribution is 0.126. The molecular formula is C22H17N5O. The van der Waals surface area contributed by atoms with E-state index < -0.39 is 5.72 Å². The van der Waals surface area contributed by atoms with E-state index in [-0.39, 0.29) is 0 Å². The van der Waals surface area contributed by atoms with Gasteiger partial charge >= 0.3 is 0 Å². The number of imidazole rings is 1. The summed E-state index contributed by atoms with van der Waals surface area (Å²) in [7, 11) is 0. The van der Waals surface area contributed by atoms with Crippen LogP contribution in [0.5, 0.6) is 0 Å². The maximum Gasteiger partial charge on any atom is 0.230 e. The number of aromatic nitrogens is 2. The van der Waals surface area contributed by atoms with Crippen molar-refractivity contribution in [3.05, 3.63) is 96.1 Å². The van der Waals surface area contributed by atoms with E-state index in [1.807, 2.05) is 84.9 Å². The fraction of sp³-hybridized carbons (Fsp3) is 0.0455. The maximum atomic E-state index is 11.5. The summed E-state index contributed by atoms with van der Waals surface area (Å²) in [5, 5.41) is 14.6. The smallest absolute Gasteiger partial charge is 0.230 e. The molecule has 6 nitrogen and oxygen atoms in total. The zero-order valence-corrected chi connectivity index (χ0v) is 14.9. The molecule has 1 unspecified atom stereocenters. The van der Waals surface area contributed by atoms with Gasteiger partial charge < -0.3 is 10.1 Å². The largest absolute Gasteiger partial charge is 0.361 e. The van der Waals surface area contributed by atoms with E-state index in [1.165, 1.54) is 0 Å². The number of anilines is 1. The fourth-order valence-corrected chi connectivity index (χ4v) is 3.32. The SMILES string of the molecule is OC1(c2ccccc2)N=C(Nc2nc3ccccc3[nH]2)N=C1c1ccccc1. The van der Waals surface area contributed by atoms with Gasteiger partial charge in [0.15, 0.2) is 0 Å². The van der Waals surface area contributed by atoms with Crippen LogP contribution < -0.4 is 5.32 Å². The van der Waals surface area contributed by atoms with Gasteiger partial charge in [-0.05, 0) is 12.1 Å². The molecule has 0 aliphatic carbocycles. The quantitative estimate of drug-likeness (QED) is 0.516. The third kappa shape index (κ3) is 2.76. The molecule has 136 valence electrons. The summed E-state index contributed by atoms with van der Waals surface area (Å²) in [5.74, 6) is 0.817. The minimum atomic E-state index is -1.57. The molecule has 4 aromatic rings. The monoisotopic (exact) mass is 367 g/mol. The number of rotatable bonds is 3. The molecule has 0 spiro atoms. The second-order valence-electron chi connectivity index (χ2n) is 6.53. The Balaban J connectivity index is 1.57. The average Bonchev–Trinajstić information content (AvgIpc) is 3.30. The van der Waals surface area contributed by atoms with Crippen LogP contribution in [0.25, 0.3) is 11.0 Å². The molecule has 0 saturated heterocycles. The number of benzene rings is 3. The van der Waals surface area contributed by atoms with Crippen LogP contribution in [0.15, 0.2) is 94.9 Å². The van der Waals surface area contributed by atoms with Crippen molar-refractivity contribution in [3.63, 3.8) is 0 Å². The van der Waals surface area contributed by atoms with E-state index in [0.29, 0.717) is 23.2 Å². The lowest BCUT2D eigenvalue weighted by Crippen LogP contribution is -2.32. The number of aliphatic hydroxyl groups is 1. The van der Waals surface area contributed by atoms with Crippen LogP contribution in [0.4, 0.5) is 5.95 Å². The zero-order valence-electron chi connectivity index (χ0n) is 14.9. The number of aliphatic imine (C=N–C) groups is 2. The number of nitrogens with one attached hydrogen (secondary N) is 2. The summed E-state index contributed by atoms with van der Waals surface area (Å²) in [6.45, 7) is 0. The fourth-order valence-electron chi connectivity index (χ4n) is 3.32. The number of fused-ring (bicyclic) bond motifs is 1. The Morgan fingerprint density at radius 1 is 0.821 bits per heavy atom. The Bertz CT molecular complexity index is 1160. The number of hydrogen-bond acceptors (Lipinski definition) is 5. The molecule has 2 heterocycles. The van der Waals surface area contributed by atoms with Gasteiger partial charge in [0.25, 0.3) is 0 Å². The topological polar surface area (TPSA) is 85.7 Å². The van der Waals surface area contributed by atoms with Gasteiger partial charge in [0.05, 0.1) is 11.0 Å². The van der Waals surface area contributed by atoms with Crippen molar-refractivity contribution < 1.29 is 5.11 Å². The predicted molar refractivity (Wildman–Crippen MR) is 110 cm³/mol. The molecule has 6 heteroatoms. The molecule has 1 atom stereocenters. The van der Waals surface area contributed by atoms with Crippen molar-refractivity contribution in [2.45, 2.75) is 5.72 Å². The summed E-state index contributed by atoms with van der Waals surface area (Å²) in [4.78, 5) is 16.8. The standard InChI is InChI=1S/C22H17N5O/c28-22(16-11-5-2-6-12-16)19(15-9-3-1-4-10-15)25-21(27-22)26-20-23-17-13-7-8-14-18(17)24-20/h1-14,28H,(H2,23,24,26,27). The van der Waals surface area contributed by atoms with Crippen LogP contribution in [-0.4, -0.2) is 26.7 Å². The number of hydrogen-bond donors (Lipinski definition) is 3. The van der Waals surface area contributed by atoms with Gasteiger partial charge in [-0.3, -0.25) is 5.32 Å². The van der Waals surface area contributed by atoms with Gasteiger partial charge in [-0.2, -0.15) is 0 Å². The first-order chi connectivity index (χ1) is 13.7. The Hall–Kier alpha value is -3.77.